The van der Waals surface area contributed by atoms with Gasteiger partial charge in [-0.2, -0.15) is 0 Å². The molecular formula is C19H29N3O2. The highest BCUT2D eigenvalue weighted by molar-refractivity contribution is 5.74. The summed E-state index contributed by atoms with van der Waals surface area (Å²) < 4.78 is 0. The number of rotatable bonds is 6. The molecule has 1 aromatic carbocycles. The van der Waals surface area contributed by atoms with Crippen LogP contribution in [0.3, 0.4) is 0 Å². The van der Waals surface area contributed by atoms with Crippen LogP contribution >= 0.6 is 0 Å². The maximum absolute atomic E-state index is 12.0. The number of carbonyl (C=O) groups is 1. The fourth-order valence-electron chi connectivity index (χ4n) is 3.34. The molecule has 3 rings (SSSR count). The molecule has 1 aliphatic carbocycles. The lowest BCUT2D eigenvalue weighted by molar-refractivity contribution is 0.182. The SMILES string of the molecule is Cc1ccccc1CN1CCC(NC(=O)NCC2(CO)CC2)CC1. The van der Waals surface area contributed by atoms with Crippen molar-refractivity contribution in [3.63, 3.8) is 0 Å². The summed E-state index contributed by atoms with van der Waals surface area (Å²) in [5.41, 5.74) is 2.70. The van der Waals surface area contributed by atoms with Gasteiger partial charge in [0.05, 0.1) is 6.61 Å². The molecule has 1 aromatic rings. The van der Waals surface area contributed by atoms with E-state index in [2.05, 4.69) is 46.7 Å². The Labute approximate surface area is 144 Å². The average molecular weight is 331 g/mol. The summed E-state index contributed by atoms with van der Waals surface area (Å²) in [6, 6.07) is 8.69. The third-order valence-electron chi connectivity index (χ3n) is 5.49. The largest absolute Gasteiger partial charge is 0.396 e. The summed E-state index contributed by atoms with van der Waals surface area (Å²) in [5.74, 6) is 0. The lowest BCUT2D eigenvalue weighted by Crippen LogP contribution is -2.48. The molecule has 0 atom stereocenters. The average Bonchev–Trinajstić information content (AvgIpc) is 3.38. The fraction of sp³-hybridized carbons (Fsp3) is 0.632. The van der Waals surface area contributed by atoms with Gasteiger partial charge in [-0.25, -0.2) is 4.79 Å². The van der Waals surface area contributed by atoms with Crippen molar-refractivity contribution in [1.82, 2.24) is 15.5 Å². The summed E-state index contributed by atoms with van der Waals surface area (Å²) in [5, 5.41) is 15.3. The first-order valence-electron chi connectivity index (χ1n) is 9.02. The molecule has 3 N–H and O–H groups in total. The van der Waals surface area contributed by atoms with Crippen molar-refractivity contribution >= 4 is 6.03 Å². The van der Waals surface area contributed by atoms with Gasteiger partial charge in [-0.1, -0.05) is 24.3 Å². The van der Waals surface area contributed by atoms with E-state index >= 15 is 0 Å². The summed E-state index contributed by atoms with van der Waals surface area (Å²) in [4.78, 5) is 14.5. The van der Waals surface area contributed by atoms with Gasteiger partial charge >= 0.3 is 6.03 Å². The Morgan fingerprint density at radius 2 is 2.00 bits per heavy atom. The van der Waals surface area contributed by atoms with E-state index < -0.39 is 0 Å². The molecule has 2 amide bonds. The van der Waals surface area contributed by atoms with Gasteiger partial charge in [0, 0.05) is 37.6 Å². The first-order chi connectivity index (χ1) is 11.6. The number of urea groups is 1. The van der Waals surface area contributed by atoms with E-state index in [1.807, 2.05) is 0 Å². The van der Waals surface area contributed by atoms with E-state index in [1.165, 1.54) is 11.1 Å². The van der Waals surface area contributed by atoms with Crippen molar-refractivity contribution in [1.29, 1.82) is 0 Å². The molecule has 24 heavy (non-hydrogen) atoms. The number of nitrogens with one attached hydrogen (secondary N) is 2. The zero-order chi connectivity index (χ0) is 17.0. The van der Waals surface area contributed by atoms with E-state index in [-0.39, 0.29) is 24.1 Å². The highest BCUT2D eigenvalue weighted by atomic mass is 16.3. The second kappa shape index (κ2) is 7.53. The Morgan fingerprint density at radius 3 is 2.62 bits per heavy atom. The van der Waals surface area contributed by atoms with Crippen molar-refractivity contribution in [2.75, 3.05) is 26.2 Å². The molecule has 2 fully saturated rings. The van der Waals surface area contributed by atoms with Crippen LogP contribution < -0.4 is 10.6 Å². The van der Waals surface area contributed by atoms with E-state index in [4.69, 9.17) is 0 Å². The Hall–Kier alpha value is -1.59. The van der Waals surface area contributed by atoms with Crippen LogP contribution in [0.4, 0.5) is 4.79 Å². The van der Waals surface area contributed by atoms with Gasteiger partial charge in [0.2, 0.25) is 0 Å². The van der Waals surface area contributed by atoms with E-state index in [0.717, 1.165) is 45.3 Å². The molecule has 0 spiro atoms. The van der Waals surface area contributed by atoms with Gasteiger partial charge in [0.25, 0.3) is 0 Å². The van der Waals surface area contributed by atoms with E-state index in [0.29, 0.717) is 6.54 Å². The summed E-state index contributed by atoms with van der Waals surface area (Å²) in [7, 11) is 0. The van der Waals surface area contributed by atoms with Crippen molar-refractivity contribution in [2.24, 2.45) is 5.41 Å². The van der Waals surface area contributed by atoms with Gasteiger partial charge in [0.15, 0.2) is 0 Å². The smallest absolute Gasteiger partial charge is 0.315 e. The Bertz CT molecular complexity index is 563. The van der Waals surface area contributed by atoms with Crippen molar-refractivity contribution in [2.45, 2.75) is 45.2 Å². The number of hydrogen-bond acceptors (Lipinski definition) is 3. The lowest BCUT2D eigenvalue weighted by atomic mass is 10.0. The number of piperidine rings is 1. The van der Waals surface area contributed by atoms with E-state index in [1.54, 1.807) is 0 Å². The number of nitrogens with zero attached hydrogens (tertiary/aromatic N) is 1. The van der Waals surface area contributed by atoms with Crippen LogP contribution in [0.15, 0.2) is 24.3 Å². The molecule has 5 heteroatoms. The summed E-state index contributed by atoms with van der Waals surface area (Å²) >= 11 is 0. The molecule has 1 saturated heterocycles. The van der Waals surface area contributed by atoms with Crippen molar-refractivity contribution < 1.29 is 9.90 Å². The molecule has 0 unspecified atom stereocenters. The van der Waals surface area contributed by atoms with Crippen LogP contribution in [0.25, 0.3) is 0 Å². The van der Waals surface area contributed by atoms with Crippen LogP contribution in [0.2, 0.25) is 0 Å². The molecule has 2 aliphatic rings. The standard InChI is InChI=1S/C19H29N3O2/c1-15-4-2-3-5-16(15)12-22-10-6-17(7-11-22)21-18(24)20-13-19(14-23)8-9-19/h2-5,17,23H,6-14H2,1H3,(H2,20,21,24). The number of aryl methyl sites for hydroxylation is 1. The van der Waals surface area contributed by atoms with Crippen molar-refractivity contribution in [3.8, 4) is 0 Å². The molecular weight excluding hydrogens is 302 g/mol. The summed E-state index contributed by atoms with van der Waals surface area (Å²) in [6.45, 7) is 5.93. The fourth-order valence-corrected chi connectivity index (χ4v) is 3.34. The molecule has 0 bridgehead atoms. The predicted octanol–water partition coefficient (Wildman–Crippen LogP) is 2.03. The monoisotopic (exact) mass is 331 g/mol. The number of aliphatic hydroxyl groups is 1. The molecule has 5 nitrogen and oxygen atoms in total. The second-order valence-corrected chi connectivity index (χ2v) is 7.46. The number of carbonyl (C=O) groups excluding carboxylic acids is 1. The van der Waals surface area contributed by atoms with Gasteiger partial charge in [-0.05, 0) is 43.7 Å². The van der Waals surface area contributed by atoms with E-state index in [9.17, 15) is 9.90 Å². The lowest BCUT2D eigenvalue weighted by Gasteiger charge is -2.32. The van der Waals surface area contributed by atoms with Crippen LogP contribution in [-0.2, 0) is 6.54 Å². The normalized spacial score (nSPS) is 20.6. The third-order valence-corrected chi connectivity index (χ3v) is 5.49. The minimum atomic E-state index is -0.0907. The Balaban J connectivity index is 1.37. The first-order valence-corrected chi connectivity index (χ1v) is 9.02. The van der Waals surface area contributed by atoms with Gasteiger partial charge in [0.1, 0.15) is 0 Å². The molecule has 0 radical (unpaired) electrons. The maximum Gasteiger partial charge on any atom is 0.315 e. The van der Waals surface area contributed by atoms with Crippen LogP contribution in [0.1, 0.15) is 36.8 Å². The number of amides is 2. The van der Waals surface area contributed by atoms with Gasteiger partial charge < -0.3 is 15.7 Å². The predicted molar refractivity (Wildman–Crippen MR) is 94.8 cm³/mol. The molecule has 0 aromatic heterocycles. The molecule has 1 heterocycles. The van der Waals surface area contributed by atoms with Crippen molar-refractivity contribution in [3.05, 3.63) is 35.4 Å². The second-order valence-electron chi connectivity index (χ2n) is 7.46. The van der Waals surface area contributed by atoms with Crippen LogP contribution in [-0.4, -0.2) is 48.3 Å². The highest BCUT2D eigenvalue weighted by Crippen LogP contribution is 2.44. The zero-order valence-corrected chi connectivity index (χ0v) is 14.6. The molecule has 132 valence electrons. The number of aliphatic hydroxyl groups excluding tert-OH is 1. The maximum atomic E-state index is 12.0. The Morgan fingerprint density at radius 1 is 1.29 bits per heavy atom. The minimum absolute atomic E-state index is 0.0335. The van der Waals surface area contributed by atoms with Crippen LogP contribution in [0.5, 0.6) is 0 Å². The van der Waals surface area contributed by atoms with Crippen LogP contribution in [0, 0.1) is 12.3 Å². The quantitative estimate of drug-likeness (QED) is 0.747. The summed E-state index contributed by atoms with van der Waals surface area (Å²) in [6.07, 6.45) is 4.01. The highest BCUT2D eigenvalue weighted by Gasteiger charge is 2.42. The zero-order valence-electron chi connectivity index (χ0n) is 14.6. The minimum Gasteiger partial charge on any atom is -0.396 e. The first kappa shape index (κ1) is 17.2. The van der Waals surface area contributed by atoms with Gasteiger partial charge in [-0.3, -0.25) is 4.90 Å². The van der Waals surface area contributed by atoms with Gasteiger partial charge in [-0.15, -0.1) is 0 Å². The third kappa shape index (κ3) is 4.48. The molecule has 1 aliphatic heterocycles. The topological polar surface area (TPSA) is 64.6 Å². The molecule has 1 saturated carbocycles. The number of benzene rings is 1. The Kier molecular flexibility index (Phi) is 5.41. The number of likely N-dealkylation sites (tertiary alicyclic amines) is 1. The number of hydrogen-bond donors (Lipinski definition) is 3.